The molecule has 0 amide bonds. The van der Waals surface area contributed by atoms with Gasteiger partial charge in [0.1, 0.15) is 11.5 Å². The van der Waals surface area contributed by atoms with E-state index in [1.807, 2.05) is 18.2 Å². The SMILES string of the molecule is COc1ccc(-c2noc(CN3CCCC3c3cc(C)cc(C)c3)n2)c(OC)c1. The van der Waals surface area contributed by atoms with E-state index in [9.17, 15) is 0 Å². The van der Waals surface area contributed by atoms with E-state index in [1.165, 1.54) is 23.1 Å². The van der Waals surface area contributed by atoms with Crippen LogP contribution >= 0.6 is 0 Å². The lowest BCUT2D eigenvalue weighted by Gasteiger charge is -2.23. The van der Waals surface area contributed by atoms with Gasteiger partial charge in [-0.15, -0.1) is 0 Å². The molecule has 0 bridgehead atoms. The van der Waals surface area contributed by atoms with Crippen LogP contribution in [-0.2, 0) is 6.54 Å². The van der Waals surface area contributed by atoms with E-state index >= 15 is 0 Å². The largest absolute Gasteiger partial charge is 0.497 e. The van der Waals surface area contributed by atoms with Crippen molar-refractivity contribution >= 4 is 0 Å². The monoisotopic (exact) mass is 393 g/mol. The number of aromatic nitrogens is 2. The average Bonchev–Trinajstić information content (AvgIpc) is 3.36. The van der Waals surface area contributed by atoms with Crippen molar-refractivity contribution in [1.82, 2.24) is 15.0 Å². The summed E-state index contributed by atoms with van der Waals surface area (Å²) in [6, 6.07) is 12.8. The summed E-state index contributed by atoms with van der Waals surface area (Å²) in [5.74, 6) is 2.53. The summed E-state index contributed by atoms with van der Waals surface area (Å²) in [4.78, 5) is 7.06. The first kappa shape index (κ1) is 19.5. The van der Waals surface area contributed by atoms with Crippen LogP contribution in [0.5, 0.6) is 11.5 Å². The molecule has 1 atom stereocenters. The molecular formula is C23H27N3O3. The molecule has 2 aromatic carbocycles. The summed E-state index contributed by atoms with van der Waals surface area (Å²) in [6.45, 7) is 5.98. The Bertz CT molecular complexity index is 979. The highest BCUT2D eigenvalue weighted by molar-refractivity contribution is 5.65. The van der Waals surface area contributed by atoms with Crippen LogP contribution < -0.4 is 9.47 Å². The third kappa shape index (κ3) is 4.12. The fourth-order valence-corrected chi connectivity index (χ4v) is 4.18. The van der Waals surface area contributed by atoms with Crippen LogP contribution in [0.4, 0.5) is 0 Å². The second-order valence-electron chi connectivity index (χ2n) is 7.63. The first-order valence-corrected chi connectivity index (χ1v) is 9.94. The molecule has 0 spiro atoms. The molecule has 0 N–H and O–H groups in total. The van der Waals surface area contributed by atoms with Gasteiger partial charge in [0.25, 0.3) is 0 Å². The first-order valence-electron chi connectivity index (χ1n) is 9.94. The summed E-state index contributed by atoms with van der Waals surface area (Å²) in [6.07, 6.45) is 2.32. The molecule has 152 valence electrons. The van der Waals surface area contributed by atoms with Crippen LogP contribution in [0.2, 0.25) is 0 Å². The van der Waals surface area contributed by atoms with Crippen molar-refractivity contribution < 1.29 is 14.0 Å². The number of hydrogen-bond acceptors (Lipinski definition) is 6. The molecule has 1 fully saturated rings. The van der Waals surface area contributed by atoms with Gasteiger partial charge in [0.15, 0.2) is 0 Å². The standard InChI is InChI=1S/C23H27N3O3/c1-15-10-16(2)12-17(11-15)20-6-5-9-26(20)14-22-24-23(25-29-22)19-8-7-18(27-3)13-21(19)28-4/h7-8,10-13,20H,5-6,9,14H2,1-4H3. The molecule has 29 heavy (non-hydrogen) atoms. The summed E-state index contributed by atoms with van der Waals surface area (Å²) < 4.78 is 16.3. The van der Waals surface area contributed by atoms with Crippen molar-refractivity contribution in [2.45, 2.75) is 39.3 Å². The minimum absolute atomic E-state index is 0.388. The Morgan fingerprint density at radius 1 is 1.07 bits per heavy atom. The number of nitrogens with zero attached hydrogens (tertiary/aromatic N) is 3. The third-order valence-electron chi connectivity index (χ3n) is 5.45. The van der Waals surface area contributed by atoms with Crippen LogP contribution in [0.25, 0.3) is 11.4 Å². The first-order chi connectivity index (χ1) is 14.1. The maximum Gasteiger partial charge on any atom is 0.241 e. The normalized spacial score (nSPS) is 16.9. The molecule has 0 aliphatic carbocycles. The predicted molar refractivity (Wildman–Crippen MR) is 111 cm³/mol. The highest BCUT2D eigenvalue weighted by Crippen LogP contribution is 2.35. The average molecular weight is 393 g/mol. The molecule has 6 heteroatoms. The van der Waals surface area contributed by atoms with Crippen molar-refractivity contribution in [2.24, 2.45) is 0 Å². The molecule has 1 aliphatic heterocycles. The van der Waals surface area contributed by atoms with Gasteiger partial charge in [-0.2, -0.15) is 4.98 Å². The van der Waals surface area contributed by atoms with Gasteiger partial charge in [-0.1, -0.05) is 34.5 Å². The predicted octanol–water partition coefficient (Wildman–Crippen LogP) is 4.71. The molecule has 0 radical (unpaired) electrons. The van der Waals surface area contributed by atoms with E-state index in [0.29, 0.717) is 30.1 Å². The molecule has 1 aromatic heterocycles. The van der Waals surface area contributed by atoms with Gasteiger partial charge < -0.3 is 14.0 Å². The summed E-state index contributed by atoms with van der Waals surface area (Å²) in [5.41, 5.74) is 4.77. The van der Waals surface area contributed by atoms with E-state index < -0.39 is 0 Å². The molecule has 1 saturated heterocycles. The topological polar surface area (TPSA) is 60.6 Å². The van der Waals surface area contributed by atoms with Crippen LogP contribution in [0.15, 0.2) is 40.9 Å². The molecule has 3 aromatic rings. The van der Waals surface area contributed by atoms with Crippen molar-refractivity contribution in [1.29, 1.82) is 0 Å². The second-order valence-corrected chi connectivity index (χ2v) is 7.63. The fourth-order valence-electron chi connectivity index (χ4n) is 4.18. The number of rotatable bonds is 6. The van der Waals surface area contributed by atoms with Crippen molar-refractivity contribution in [2.75, 3.05) is 20.8 Å². The van der Waals surface area contributed by atoms with Gasteiger partial charge in [-0.25, -0.2) is 0 Å². The molecule has 1 unspecified atom stereocenters. The molecule has 4 rings (SSSR count). The smallest absolute Gasteiger partial charge is 0.241 e. The maximum absolute atomic E-state index is 5.58. The Balaban J connectivity index is 1.54. The number of benzene rings is 2. The number of hydrogen-bond donors (Lipinski definition) is 0. The van der Waals surface area contributed by atoms with E-state index in [1.54, 1.807) is 14.2 Å². The van der Waals surface area contributed by atoms with E-state index in [0.717, 1.165) is 24.3 Å². The van der Waals surface area contributed by atoms with Crippen LogP contribution in [-0.4, -0.2) is 35.8 Å². The Morgan fingerprint density at radius 3 is 2.59 bits per heavy atom. The van der Waals surface area contributed by atoms with Crippen LogP contribution in [0.1, 0.15) is 41.5 Å². The fraction of sp³-hybridized carbons (Fsp3) is 0.391. The zero-order valence-electron chi connectivity index (χ0n) is 17.4. The van der Waals surface area contributed by atoms with E-state index in [-0.39, 0.29) is 0 Å². The molecule has 2 heterocycles. The molecule has 0 saturated carbocycles. The van der Waals surface area contributed by atoms with Gasteiger partial charge in [-0.05, 0) is 50.9 Å². The summed E-state index contributed by atoms with van der Waals surface area (Å²) >= 11 is 0. The van der Waals surface area contributed by atoms with Crippen molar-refractivity contribution in [3.8, 4) is 22.9 Å². The lowest BCUT2D eigenvalue weighted by molar-refractivity contribution is 0.212. The lowest BCUT2D eigenvalue weighted by atomic mass is 9.99. The Labute approximate surface area is 171 Å². The van der Waals surface area contributed by atoms with Crippen molar-refractivity contribution in [3.05, 3.63) is 59.0 Å². The minimum atomic E-state index is 0.388. The minimum Gasteiger partial charge on any atom is -0.497 e. The molecule has 1 aliphatic rings. The van der Waals surface area contributed by atoms with E-state index in [4.69, 9.17) is 14.0 Å². The Hall–Kier alpha value is -2.86. The van der Waals surface area contributed by atoms with Gasteiger partial charge >= 0.3 is 0 Å². The third-order valence-corrected chi connectivity index (χ3v) is 5.45. The molecule has 6 nitrogen and oxygen atoms in total. The second kappa shape index (κ2) is 8.25. The number of ether oxygens (including phenoxy) is 2. The lowest BCUT2D eigenvalue weighted by Crippen LogP contribution is -2.23. The van der Waals surface area contributed by atoms with Crippen LogP contribution in [0.3, 0.4) is 0 Å². The van der Waals surface area contributed by atoms with Crippen LogP contribution in [0, 0.1) is 13.8 Å². The highest BCUT2D eigenvalue weighted by atomic mass is 16.5. The van der Waals surface area contributed by atoms with Gasteiger partial charge in [0.2, 0.25) is 11.7 Å². The van der Waals surface area contributed by atoms with E-state index in [2.05, 4.69) is 47.1 Å². The van der Waals surface area contributed by atoms with Gasteiger partial charge in [-0.3, -0.25) is 4.90 Å². The number of methoxy groups -OCH3 is 2. The Morgan fingerprint density at radius 2 is 1.86 bits per heavy atom. The summed E-state index contributed by atoms with van der Waals surface area (Å²) in [7, 11) is 3.25. The number of aryl methyl sites for hydroxylation is 2. The van der Waals surface area contributed by atoms with Gasteiger partial charge in [0.05, 0.1) is 26.3 Å². The van der Waals surface area contributed by atoms with Gasteiger partial charge in [0, 0.05) is 12.1 Å². The zero-order chi connectivity index (χ0) is 20.4. The Kier molecular flexibility index (Phi) is 5.53. The zero-order valence-corrected chi connectivity index (χ0v) is 17.4. The maximum atomic E-state index is 5.58. The molecular weight excluding hydrogens is 366 g/mol. The number of likely N-dealkylation sites (tertiary alicyclic amines) is 1. The quantitative estimate of drug-likeness (QED) is 0.605. The highest BCUT2D eigenvalue weighted by Gasteiger charge is 2.28. The summed E-state index contributed by atoms with van der Waals surface area (Å²) in [5, 5.41) is 4.19. The van der Waals surface area contributed by atoms with Crippen molar-refractivity contribution in [3.63, 3.8) is 0 Å².